The van der Waals surface area contributed by atoms with Gasteiger partial charge in [0.25, 0.3) is 5.91 Å². The van der Waals surface area contributed by atoms with Crippen LogP contribution in [0.2, 0.25) is 0 Å². The van der Waals surface area contributed by atoms with Crippen molar-refractivity contribution in [1.29, 1.82) is 0 Å². The minimum absolute atomic E-state index is 0.228. The molecule has 0 fully saturated rings. The Kier molecular flexibility index (Phi) is 7.40. The summed E-state index contributed by atoms with van der Waals surface area (Å²) in [6.45, 7) is 9.02. The largest absolute Gasteiger partial charge is 0.490 e. The highest BCUT2D eigenvalue weighted by Gasteiger charge is 2.20. The quantitative estimate of drug-likeness (QED) is 0.435. The predicted octanol–water partition coefficient (Wildman–Crippen LogP) is 5.76. The Labute approximate surface area is 199 Å². The van der Waals surface area contributed by atoms with Gasteiger partial charge in [0.1, 0.15) is 0 Å². The van der Waals surface area contributed by atoms with Gasteiger partial charge in [-0.1, -0.05) is 0 Å². The van der Waals surface area contributed by atoms with E-state index >= 15 is 0 Å². The molecule has 3 aromatic rings. The highest BCUT2D eigenvalue weighted by Crippen LogP contribution is 2.39. The smallest absolute Gasteiger partial charge is 0.255 e. The highest BCUT2D eigenvalue weighted by molar-refractivity contribution is 7.10. The minimum Gasteiger partial charge on any atom is -0.490 e. The van der Waals surface area contributed by atoms with Crippen LogP contribution in [0.5, 0.6) is 17.2 Å². The molecule has 0 atom stereocenters. The van der Waals surface area contributed by atoms with E-state index in [2.05, 4.69) is 33.8 Å². The summed E-state index contributed by atoms with van der Waals surface area (Å²) in [6, 6.07) is 13.6. The summed E-state index contributed by atoms with van der Waals surface area (Å²) in [6.07, 6.45) is 1.08. The van der Waals surface area contributed by atoms with Gasteiger partial charge in [-0.15, -0.1) is 11.3 Å². The SMILES string of the molecule is CCOc1cc(C(=O)Nc2ccc(N3CCc4sccc4C3)cc2)cc(OCC)c1OCC. The first-order valence-corrected chi connectivity index (χ1v) is 12.3. The first-order chi connectivity index (χ1) is 16.1. The number of ether oxygens (including phenoxy) is 3. The van der Waals surface area contributed by atoms with Crippen LogP contribution in [-0.4, -0.2) is 32.3 Å². The van der Waals surface area contributed by atoms with E-state index in [4.69, 9.17) is 14.2 Å². The number of nitrogens with zero attached hydrogens (tertiary/aromatic N) is 1. The third-order valence-corrected chi connectivity index (χ3v) is 6.49. The molecule has 0 spiro atoms. The van der Waals surface area contributed by atoms with Crippen LogP contribution in [0.25, 0.3) is 0 Å². The van der Waals surface area contributed by atoms with E-state index in [1.54, 1.807) is 12.1 Å². The number of anilines is 2. The van der Waals surface area contributed by atoms with Gasteiger partial charge in [-0.05, 0) is 80.6 Å². The van der Waals surface area contributed by atoms with Gasteiger partial charge >= 0.3 is 0 Å². The molecule has 1 aliphatic rings. The molecule has 0 unspecified atom stereocenters. The Bertz CT molecular complexity index is 1070. The zero-order chi connectivity index (χ0) is 23.2. The Morgan fingerprint density at radius 2 is 1.64 bits per heavy atom. The fourth-order valence-electron chi connectivity index (χ4n) is 3.95. The number of rotatable bonds is 9. The molecule has 4 rings (SSSR count). The second-order valence-corrected chi connectivity index (χ2v) is 8.64. The lowest BCUT2D eigenvalue weighted by molar-refractivity contribution is 0.102. The number of carbonyl (C=O) groups is 1. The van der Waals surface area contributed by atoms with Crippen molar-refractivity contribution in [2.75, 3.05) is 36.6 Å². The summed E-state index contributed by atoms with van der Waals surface area (Å²) in [5.41, 5.74) is 3.76. The van der Waals surface area contributed by atoms with Gasteiger partial charge < -0.3 is 24.4 Å². The summed E-state index contributed by atoms with van der Waals surface area (Å²) in [4.78, 5) is 16.9. The maximum atomic E-state index is 13.0. The molecular formula is C26H30N2O4S. The molecule has 6 nitrogen and oxygen atoms in total. The molecule has 0 radical (unpaired) electrons. The Morgan fingerprint density at radius 1 is 0.970 bits per heavy atom. The molecule has 0 saturated heterocycles. The average molecular weight is 467 g/mol. The lowest BCUT2D eigenvalue weighted by Gasteiger charge is -2.29. The fraction of sp³-hybridized carbons (Fsp3) is 0.346. The van der Waals surface area contributed by atoms with Crippen molar-refractivity contribution in [3.63, 3.8) is 0 Å². The van der Waals surface area contributed by atoms with Crippen LogP contribution in [0.3, 0.4) is 0 Å². The first-order valence-electron chi connectivity index (χ1n) is 11.4. The van der Waals surface area contributed by atoms with Gasteiger partial charge in [-0.25, -0.2) is 0 Å². The monoisotopic (exact) mass is 466 g/mol. The van der Waals surface area contributed by atoms with Crippen molar-refractivity contribution in [2.45, 2.75) is 33.7 Å². The van der Waals surface area contributed by atoms with Gasteiger partial charge in [-0.3, -0.25) is 4.79 Å². The van der Waals surface area contributed by atoms with Gasteiger partial charge in [0.2, 0.25) is 5.75 Å². The predicted molar refractivity (Wildman–Crippen MR) is 133 cm³/mol. The Hall–Kier alpha value is -3.19. The summed E-state index contributed by atoms with van der Waals surface area (Å²) >= 11 is 1.84. The third-order valence-electron chi connectivity index (χ3n) is 5.47. The van der Waals surface area contributed by atoms with Crippen molar-refractivity contribution in [3.05, 3.63) is 63.8 Å². The van der Waals surface area contributed by atoms with Crippen LogP contribution in [0, 0.1) is 0 Å². The molecular weight excluding hydrogens is 436 g/mol. The van der Waals surface area contributed by atoms with Crippen molar-refractivity contribution in [2.24, 2.45) is 0 Å². The summed E-state index contributed by atoms with van der Waals surface area (Å²) in [7, 11) is 0. The topological polar surface area (TPSA) is 60.0 Å². The molecule has 33 heavy (non-hydrogen) atoms. The molecule has 0 saturated carbocycles. The fourth-order valence-corrected chi connectivity index (χ4v) is 4.84. The van der Waals surface area contributed by atoms with Crippen molar-refractivity contribution in [3.8, 4) is 17.2 Å². The number of fused-ring (bicyclic) bond motifs is 1. The van der Waals surface area contributed by atoms with Crippen LogP contribution in [0.4, 0.5) is 11.4 Å². The lowest BCUT2D eigenvalue weighted by atomic mass is 10.1. The molecule has 7 heteroatoms. The minimum atomic E-state index is -0.228. The molecule has 1 aliphatic heterocycles. The first kappa shape index (κ1) is 23.0. The van der Waals surface area contributed by atoms with E-state index < -0.39 is 0 Å². The maximum Gasteiger partial charge on any atom is 0.255 e. The number of nitrogens with one attached hydrogen (secondary N) is 1. The molecule has 1 aromatic heterocycles. The van der Waals surface area contributed by atoms with Crippen LogP contribution in [0.1, 0.15) is 41.6 Å². The van der Waals surface area contributed by atoms with E-state index in [1.165, 1.54) is 10.4 Å². The zero-order valence-corrected chi connectivity index (χ0v) is 20.2. The van der Waals surface area contributed by atoms with E-state index in [0.717, 1.165) is 30.9 Å². The normalized spacial score (nSPS) is 12.8. The maximum absolute atomic E-state index is 13.0. The standard InChI is InChI=1S/C26H30N2O4S/c1-4-30-22-15-19(16-23(31-5-2)25(22)32-6-3)26(29)27-20-7-9-21(10-8-20)28-13-11-24-18(17-28)12-14-33-24/h7-10,12,14-16H,4-6,11,13,17H2,1-3H3,(H,27,29). The number of hydrogen-bond acceptors (Lipinski definition) is 6. The Balaban J connectivity index is 1.49. The summed E-state index contributed by atoms with van der Waals surface area (Å²) in [5, 5.41) is 5.15. The van der Waals surface area contributed by atoms with E-state index in [0.29, 0.717) is 42.6 Å². The molecule has 1 N–H and O–H groups in total. The molecule has 0 aliphatic carbocycles. The summed E-state index contributed by atoms with van der Waals surface area (Å²) in [5.74, 6) is 1.30. The van der Waals surface area contributed by atoms with Gasteiger partial charge in [0, 0.05) is 34.9 Å². The van der Waals surface area contributed by atoms with Crippen LogP contribution >= 0.6 is 11.3 Å². The van der Waals surface area contributed by atoms with Crippen molar-refractivity contribution < 1.29 is 19.0 Å². The van der Waals surface area contributed by atoms with E-state index in [-0.39, 0.29) is 5.91 Å². The molecule has 1 amide bonds. The van der Waals surface area contributed by atoms with E-state index in [1.807, 2.05) is 44.2 Å². The van der Waals surface area contributed by atoms with Gasteiger partial charge in [0.15, 0.2) is 11.5 Å². The number of carbonyl (C=O) groups excluding carboxylic acids is 1. The zero-order valence-electron chi connectivity index (χ0n) is 19.3. The van der Waals surface area contributed by atoms with Crippen molar-refractivity contribution >= 4 is 28.6 Å². The summed E-state index contributed by atoms with van der Waals surface area (Å²) < 4.78 is 17.2. The second kappa shape index (κ2) is 10.6. The van der Waals surface area contributed by atoms with E-state index in [9.17, 15) is 4.79 Å². The number of amides is 1. The van der Waals surface area contributed by atoms with Crippen LogP contribution in [-0.2, 0) is 13.0 Å². The second-order valence-electron chi connectivity index (χ2n) is 7.64. The molecule has 0 bridgehead atoms. The lowest BCUT2D eigenvalue weighted by Crippen LogP contribution is -2.29. The van der Waals surface area contributed by atoms with Gasteiger partial charge in [-0.2, -0.15) is 0 Å². The average Bonchev–Trinajstić information content (AvgIpc) is 3.30. The van der Waals surface area contributed by atoms with Crippen LogP contribution in [0.15, 0.2) is 47.8 Å². The number of hydrogen-bond donors (Lipinski definition) is 1. The highest BCUT2D eigenvalue weighted by atomic mass is 32.1. The number of benzene rings is 2. The van der Waals surface area contributed by atoms with Crippen LogP contribution < -0.4 is 24.4 Å². The molecule has 2 aromatic carbocycles. The number of thiophene rings is 1. The molecule has 2 heterocycles. The Morgan fingerprint density at radius 3 is 2.27 bits per heavy atom. The third kappa shape index (κ3) is 5.25. The van der Waals surface area contributed by atoms with Gasteiger partial charge in [0.05, 0.1) is 19.8 Å². The molecule has 174 valence electrons. The van der Waals surface area contributed by atoms with Crippen molar-refractivity contribution in [1.82, 2.24) is 0 Å².